The van der Waals surface area contributed by atoms with Crippen molar-refractivity contribution in [2.45, 2.75) is 18.3 Å². The number of rotatable bonds is 3. The van der Waals surface area contributed by atoms with Crippen LogP contribution in [0.1, 0.15) is 29.4 Å². The first kappa shape index (κ1) is 14.5. The Morgan fingerprint density at radius 3 is 2.05 bits per heavy atom. The molecule has 0 saturated heterocycles. The van der Waals surface area contributed by atoms with Gasteiger partial charge in [-0.15, -0.1) is 0 Å². The van der Waals surface area contributed by atoms with E-state index in [0.29, 0.717) is 6.42 Å². The summed E-state index contributed by atoms with van der Waals surface area (Å²) in [6, 6.07) is 19.7. The smallest absolute Gasteiger partial charge is 0.316 e. The van der Waals surface area contributed by atoms with Crippen LogP contribution in [0.15, 0.2) is 60.7 Å². The van der Waals surface area contributed by atoms with Crippen molar-refractivity contribution in [2.75, 3.05) is 7.11 Å². The van der Waals surface area contributed by atoms with Gasteiger partial charge in [-0.1, -0.05) is 60.7 Å². The zero-order valence-corrected chi connectivity index (χ0v) is 12.4. The van der Waals surface area contributed by atoms with Crippen LogP contribution in [0, 0.1) is 5.92 Å². The highest BCUT2D eigenvalue weighted by atomic mass is 16.5. The summed E-state index contributed by atoms with van der Waals surface area (Å²) in [5.74, 6) is -1.33. The molecule has 3 atom stereocenters. The van der Waals surface area contributed by atoms with E-state index < -0.39 is 11.9 Å². The maximum atomic E-state index is 12.4. The van der Waals surface area contributed by atoms with Gasteiger partial charge in [0.15, 0.2) is 0 Å². The molecule has 0 amide bonds. The van der Waals surface area contributed by atoms with Crippen LogP contribution < -0.4 is 0 Å². The van der Waals surface area contributed by atoms with Crippen molar-refractivity contribution in [3.63, 3.8) is 0 Å². The van der Waals surface area contributed by atoms with E-state index in [0.717, 1.165) is 11.1 Å². The number of hydrogen-bond acceptors (Lipinski definition) is 3. The largest absolute Gasteiger partial charge is 0.468 e. The number of carbonyl (C=O) groups is 2. The minimum absolute atomic E-state index is 0.0141. The van der Waals surface area contributed by atoms with E-state index in [-0.39, 0.29) is 17.6 Å². The van der Waals surface area contributed by atoms with Gasteiger partial charge >= 0.3 is 5.97 Å². The zero-order valence-electron chi connectivity index (χ0n) is 12.4. The quantitative estimate of drug-likeness (QED) is 0.644. The summed E-state index contributed by atoms with van der Waals surface area (Å²) in [7, 11) is 1.34. The van der Waals surface area contributed by atoms with Gasteiger partial charge in [-0.25, -0.2) is 0 Å². The Morgan fingerprint density at radius 2 is 1.50 bits per heavy atom. The standard InChI is InChI=1S/C19H18O3/c1-22-19(21)18-16(20)12-15(13-8-4-2-5-9-13)17(18)14-10-6-3-7-11-14/h2-11,15,17-18H,12H2,1H3/t15-,17+,18-/m0/s1. The number of carbonyl (C=O) groups excluding carboxylic acids is 2. The van der Waals surface area contributed by atoms with Gasteiger partial charge in [-0.05, 0) is 17.0 Å². The molecular weight excluding hydrogens is 276 g/mol. The molecule has 0 aliphatic heterocycles. The molecule has 0 N–H and O–H groups in total. The Balaban J connectivity index is 2.06. The van der Waals surface area contributed by atoms with Crippen LogP contribution in [0.5, 0.6) is 0 Å². The number of ketones is 1. The Bertz CT molecular complexity index is 664. The Kier molecular flexibility index (Phi) is 4.05. The molecular formula is C19H18O3. The second-order valence-corrected chi connectivity index (χ2v) is 5.62. The molecule has 1 saturated carbocycles. The molecule has 0 aromatic heterocycles. The van der Waals surface area contributed by atoms with Gasteiger partial charge in [-0.2, -0.15) is 0 Å². The number of methoxy groups -OCH3 is 1. The third-order valence-corrected chi connectivity index (χ3v) is 4.43. The third kappa shape index (κ3) is 2.54. The van der Waals surface area contributed by atoms with E-state index in [9.17, 15) is 9.59 Å². The Morgan fingerprint density at radius 1 is 0.955 bits per heavy atom. The molecule has 112 valence electrons. The minimum Gasteiger partial charge on any atom is -0.468 e. The van der Waals surface area contributed by atoms with Crippen LogP contribution in [0.4, 0.5) is 0 Å². The monoisotopic (exact) mass is 294 g/mol. The number of benzene rings is 2. The topological polar surface area (TPSA) is 43.4 Å². The van der Waals surface area contributed by atoms with E-state index in [4.69, 9.17) is 4.74 Å². The lowest BCUT2D eigenvalue weighted by atomic mass is 9.80. The van der Waals surface area contributed by atoms with Gasteiger partial charge in [0.05, 0.1) is 7.11 Å². The molecule has 2 aromatic carbocycles. The van der Waals surface area contributed by atoms with E-state index in [1.807, 2.05) is 60.7 Å². The first-order chi connectivity index (χ1) is 10.7. The third-order valence-electron chi connectivity index (χ3n) is 4.43. The lowest BCUT2D eigenvalue weighted by molar-refractivity contribution is -0.148. The lowest BCUT2D eigenvalue weighted by Gasteiger charge is -2.23. The van der Waals surface area contributed by atoms with Crippen LogP contribution in [-0.4, -0.2) is 18.9 Å². The van der Waals surface area contributed by atoms with Crippen molar-refractivity contribution in [1.29, 1.82) is 0 Å². The SMILES string of the molecule is COC(=O)[C@H]1C(=O)C[C@@H](c2ccccc2)[C@H]1c1ccccc1. The minimum atomic E-state index is -0.711. The maximum absolute atomic E-state index is 12.4. The van der Waals surface area contributed by atoms with Crippen molar-refractivity contribution >= 4 is 11.8 Å². The molecule has 0 bridgehead atoms. The first-order valence-corrected chi connectivity index (χ1v) is 7.43. The highest BCUT2D eigenvalue weighted by Gasteiger charge is 2.48. The van der Waals surface area contributed by atoms with E-state index >= 15 is 0 Å². The highest BCUT2D eigenvalue weighted by Crippen LogP contribution is 2.48. The maximum Gasteiger partial charge on any atom is 0.316 e. The number of ether oxygens (including phenoxy) is 1. The van der Waals surface area contributed by atoms with Gasteiger partial charge in [-0.3, -0.25) is 9.59 Å². The molecule has 22 heavy (non-hydrogen) atoms. The fraction of sp³-hybridized carbons (Fsp3) is 0.263. The Labute approximate surface area is 129 Å². The van der Waals surface area contributed by atoms with E-state index in [1.54, 1.807) is 0 Å². The van der Waals surface area contributed by atoms with Crippen molar-refractivity contribution in [1.82, 2.24) is 0 Å². The summed E-state index contributed by atoms with van der Waals surface area (Å²) in [6.45, 7) is 0. The second kappa shape index (κ2) is 6.14. The predicted molar refractivity (Wildman–Crippen MR) is 83.5 cm³/mol. The number of Topliss-reactive ketones (excluding diaryl/α,β-unsaturated/α-hetero) is 1. The molecule has 1 fully saturated rings. The highest BCUT2D eigenvalue weighted by molar-refractivity contribution is 6.02. The summed E-state index contributed by atoms with van der Waals surface area (Å²) in [4.78, 5) is 24.6. The van der Waals surface area contributed by atoms with E-state index in [2.05, 4.69) is 0 Å². The van der Waals surface area contributed by atoms with Crippen LogP contribution in [0.2, 0.25) is 0 Å². The van der Waals surface area contributed by atoms with Gasteiger partial charge in [0.25, 0.3) is 0 Å². The van der Waals surface area contributed by atoms with Crippen LogP contribution in [0.25, 0.3) is 0 Å². The average molecular weight is 294 g/mol. The molecule has 3 heteroatoms. The number of esters is 1. The van der Waals surface area contributed by atoms with E-state index in [1.165, 1.54) is 7.11 Å². The van der Waals surface area contributed by atoms with Gasteiger partial charge < -0.3 is 4.74 Å². The molecule has 0 radical (unpaired) electrons. The fourth-order valence-electron chi connectivity index (χ4n) is 3.43. The molecule has 3 nitrogen and oxygen atoms in total. The van der Waals surface area contributed by atoms with Crippen molar-refractivity contribution in [3.8, 4) is 0 Å². The normalized spacial score (nSPS) is 24.2. The van der Waals surface area contributed by atoms with Crippen molar-refractivity contribution in [3.05, 3.63) is 71.8 Å². The fourth-order valence-corrected chi connectivity index (χ4v) is 3.43. The summed E-state index contributed by atoms with van der Waals surface area (Å²) in [5, 5.41) is 0. The molecule has 3 rings (SSSR count). The Hall–Kier alpha value is -2.42. The molecule has 2 aromatic rings. The first-order valence-electron chi connectivity index (χ1n) is 7.43. The van der Waals surface area contributed by atoms with Crippen LogP contribution >= 0.6 is 0 Å². The van der Waals surface area contributed by atoms with Crippen molar-refractivity contribution in [2.24, 2.45) is 5.92 Å². The van der Waals surface area contributed by atoms with Gasteiger partial charge in [0, 0.05) is 12.3 Å². The second-order valence-electron chi connectivity index (χ2n) is 5.62. The molecule has 0 unspecified atom stereocenters. The molecule has 1 aliphatic rings. The summed E-state index contributed by atoms with van der Waals surface area (Å²) in [6.07, 6.45) is 0.378. The average Bonchev–Trinajstić information content (AvgIpc) is 2.93. The molecule has 0 spiro atoms. The predicted octanol–water partition coefficient (Wildman–Crippen LogP) is 3.32. The summed E-state index contributed by atoms with van der Waals surface area (Å²) >= 11 is 0. The van der Waals surface area contributed by atoms with Crippen LogP contribution in [0.3, 0.4) is 0 Å². The zero-order chi connectivity index (χ0) is 15.5. The summed E-state index contributed by atoms with van der Waals surface area (Å²) in [5.41, 5.74) is 2.11. The summed E-state index contributed by atoms with van der Waals surface area (Å²) < 4.78 is 4.88. The molecule has 1 aliphatic carbocycles. The lowest BCUT2D eigenvalue weighted by Crippen LogP contribution is -2.26. The molecule has 0 heterocycles. The number of hydrogen-bond donors (Lipinski definition) is 0. The van der Waals surface area contributed by atoms with Gasteiger partial charge in [0.2, 0.25) is 0 Å². The van der Waals surface area contributed by atoms with Gasteiger partial charge in [0.1, 0.15) is 11.7 Å². The van der Waals surface area contributed by atoms with Crippen LogP contribution in [-0.2, 0) is 14.3 Å². The van der Waals surface area contributed by atoms with Crippen molar-refractivity contribution < 1.29 is 14.3 Å².